The van der Waals surface area contributed by atoms with E-state index in [1.165, 1.54) is 0 Å². The van der Waals surface area contributed by atoms with E-state index in [0.29, 0.717) is 0 Å². The summed E-state index contributed by atoms with van der Waals surface area (Å²) in [5.41, 5.74) is 9.20. The molecule has 0 bridgehead atoms. The van der Waals surface area contributed by atoms with E-state index in [-0.39, 0.29) is 18.7 Å². The van der Waals surface area contributed by atoms with E-state index in [4.69, 9.17) is 11.5 Å². The summed E-state index contributed by atoms with van der Waals surface area (Å²) in [6.07, 6.45) is -7.66. The molecule has 4 nitrogen and oxygen atoms in total. The first-order valence-electron chi connectivity index (χ1n) is 5.30. The van der Waals surface area contributed by atoms with E-state index in [2.05, 4.69) is 0 Å². The summed E-state index contributed by atoms with van der Waals surface area (Å²) in [5.74, 6) is 0. The number of halogens is 3. The van der Waals surface area contributed by atoms with Crippen molar-refractivity contribution in [2.24, 2.45) is 5.73 Å². The number of benzene rings is 1. The molecule has 1 rings (SSSR count). The van der Waals surface area contributed by atoms with Crippen molar-refractivity contribution >= 4 is 5.69 Å². The number of anilines is 1. The lowest BCUT2D eigenvalue weighted by Gasteiger charge is -2.22. The lowest BCUT2D eigenvalue weighted by Crippen LogP contribution is -2.24. The van der Waals surface area contributed by atoms with E-state index in [0.717, 1.165) is 18.2 Å². The Labute approximate surface area is 102 Å². The first kappa shape index (κ1) is 14.7. The van der Waals surface area contributed by atoms with Crippen molar-refractivity contribution in [3.05, 3.63) is 29.3 Å². The van der Waals surface area contributed by atoms with Crippen LogP contribution < -0.4 is 11.5 Å². The summed E-state index contributed by atoms with van der Waals surface area (Å²) in [6.45, 7) is 0.0574. The predicted molar refractivity (Wildman–Crippen MR) is 60.5 cm³/mol. The Balaban J connectivity index is 3.17. The van der Waals surface area contributed by atoms with Crippen molar-refractivity contribution in [1.82, 2.24) is 0 Å². The Kier molecular flexibility index (Phi) is 4.55. The molecule has 0 spiro atoms. The van der Waals surface area contributed by atoms with Crippen LogP contribution in [0.15, 0.2) is 18.2 Å². The quantitative estimate of drug-likeness (QED) is 0.611. The van der Waals surface area contributed by atoms with Crippen molar-refractivity contribution in [1.29, 1.82) is 0 Å². The molecule has 0 heterocycles. The van der Waals surface area contributed by atoms with Crippen LogP contribution in [0.5, 0.6) is 0 Å². The summed E-state index contributed by atoms with van der Waals surface area (Å²) in [6, 6.07) is 2.88. The van der Waals surface area contributed by atoms with Gasteiger partial charge in [0.2, 0.25) is 0 Å². The molecule has 2 unspecified atom stereocenters. The molecule has 0 aliphatic heterocycles. The third-order valence-corrected chi connectivity index (χ3v) is 2.53. The fraction of sp³-hybridized carbons (Fsp3) is 0.455. The second-order valence-electron chi connectivity index (χ2n) is 3.93. The van der Waals surface area contributed by atoms with Crippen LogP contribution >= 0.6 is 0 Å². The first-order chi connectivity index (χ1) is 8.27. The van der Waals surface area contributed by atoms with E-state index in [9.17, 15) is 23.4 Å². The fourth-order valence-corrected chi connectivity index (χ4v) is 1.62. The maximum absolute atomic E-state index is 12.7. The minimum atomic E-state index is -4.62. The Morgan fingerprint density at radius 1 is 1.22 bits per heavy atom. The molecule has 18 heavy (non-hydrogen) atoms. The van der Waals surface area contributed by atoms with Gasteiger partial charge in [-0.2, -0.15) is 13.2 Å². The van der Waals surface area contributed by atoms with Gasteiger partial charge in [0, 0.05) is 5.69 Å². The molecule has 0 fully saturated rings. The Morgan fingerprint density at radius 2 is 1.83 bits per heavy atom. The van der Waals surface area contributed by atoms with Gasteiger partial charge >= 0.3 is 6.18 Å². The predicted octanol–water partition coefficient (Wildman–Crippen LogP) is 1.03. The van der Waals surface area contributed by atoms with E-state index < -0.39 is 29.5 Å². The number of alkyl halides is 3. The minimum Gasteiger partial charge on any atom is -0.399 e. The zero-order valence-corrected chi connectivity index (χ0v) is 9.48. The number of aliphatic hydroxyl groups excluding tert-OH is 2. The van der Waals surface area contributed by atoms with Crippen molar-refractivity contribution in [3.63, 3.8) is 0 Å². The van der Waals surface area contributed by atoms with Gasteiger partial charge in [-0.1, -0.05) is 0 Å². The number of nitrogens with two attached hydrogens (primary N) is 2. The van der Waals surface area contributed by atoms with Crippen molar-refractivity contribution in [2.45, 2.75) is 24.8 Å². The molecule has 6 N–H and O–H groups in total. The van der Waals surface area contributed by atoms with Gasteiger partial charge in [0.1, 0.15) is 6.10 Å². The Hall–Kier alpha value is -1.31. The highest BCUT2D eigenvalue weighted by atomic mass is 19.4. The molecule has 0 saturated carbocycles. The minimum absolute atomic E-state index is 0.00668. The second kappa shape index (κ2) is 5.55. The lowest BCUT2D eigenvalue weighted by molar-refractivity contribution is -0.139. The molecule has 0 radical (unpaired) electrons. The Morgan fingerprint density at radius 3 is 2.33 bits per heavy atom. The van der Waals surface area contributed by atoms with Crippen LogP contribution in [0.2, 0.25) is 0 Å². The maximum Gasteiger partial charge on any atom is 0.416 e. The molecule has 0 amide bonds. The van der Waals surface area contributed by atoms with Gasteiger partial charge in [0.05, 0.1) is 11.7 Å². The topological polar surface area (TPSA) is 92.5 Å². The molecule has 0 aliphatic carbocycles. The van der Waals surface area contributed by atoms with Crippen molar-refractivity contribution in [3.8, 4) is 0 Å². The lowest BCUT2D eigenvalue weighted by atomic mass is 9.96. The van der Waals surface area contributed by atoms with Crippen molar-refractivity contribution in [2.75, 3.05) is 12.3 Å². The van der Waals surface area contributed by atoms with Gasteiger partial charge in [0.25, 0.3) is 0 Å². The van der Waals surface area contributed by atoms with Crippen LogP contribution in [0, 0.1) is 0 Å². The van der Waals surface area contributed by atoms with Crippen molar-refractivity contribution < 1.29 is 23.4 Å². The van der Waals surface area contributed by atoms with Gasteiger partial charge in [0.15, 0.2) is 0 Å². The fourth-order valence-electron chi connectivity index (χ4n) is 1.62. The summed E-state index contributed by atoms with van der Waals surface area (Å²) in [4.78, 5) is 0. The SMILES string of the molecule is NCCC(O)C(O)c1cc(N)ccc1C(F)(F)F. The number of rotatable bonds is 4. The monoisotopic (exact) mass is 264 g/mol. The van der Waals surface area contributed by atoms with Gasteiger partial charge in [-0.05, 0) is 36.7 Å². The summed E-state index contributed by atoms with van der Waals surface area (Å²) in [7, 11) is 0. The van der Waals surface area contributed by atoms with Crippen LogP contribution in [0.1, 0.15) is 23.7 Å². The molecule has 7 heteroatoms. The highest BCUT2D eigenvalue weighted by Gasteiger charge is 2.36. The zero-order chi connectivity index (χ0) is 13.9. The summed E-state index contributed by atoms with van der Waals surface area (Å²) >= 11 is 0. The third kappa shape index (κ3) is 3.34. The van der Waals surface area contributed by atoms with E-state index in [1.54, 1.807) is 0 Å². The third-order valence-electron chi connectivity index (χ3n) is 2.53. The number of nitrogen functional groups attached to an aromatic ring is 1. The highest BCUT2D eigenvalue weighted by Crippen LogP contribution is 2.36. The standard InChI is InChI=1S/C11H15F3N2O2/c12-11(13,14)8-2-1-6(16)5-7(8)10(18)9(17)3-4-15/h1-2,5,9-10,17-18H,3-4,15-16H2. The molecule has 0 aliphatic rings. The molecular weight excluding hydrogens is 249 g/mol. The average molecular weight is 264 g/mol. The molecule has 0 saturated heterocycles. The van der Waals surface area contributed by atoms with Gasteiger partial charge in [-0.3, -0.25) is 0 Å². The van der Waals surface area contributed by atoms with E-state index >= 15 is 0 Å². The second-order valence-corrected chi connectivity index (χ2v) is 3.93. The average Bonchev–Trinajstić information content (AvgIpc) is 2.26. The number of aliphatic hydroxyl groups is 2. The Bertz CT molecular complexity index is 410. The molecule has 0 aromatic heterocycles. The smallest absolute Gasteiger partial charge is 0.399 e. The zero-order valence-electron chi connectivity index (χ0n) is 9.48. The van der Waals surface area contributed by atoms with Crippen LogP contribution in [0.4, 0.5) is 18.9 Å². The summed E-state index contributed by atoms with van der Waals surface area (Å²) in [5, 5.41) is 19.2. The summed E-state index contributed by atoms with van der Waals surface area (Å²) < 4.78 is 38.2. The van der Waals surface area contributed by atoms with Crippen LogP contribution in [-0.4, -0.2) is 22.9 Å². The maximum atomic E-state index is 12.7. The van der Waals surface area contributed by atoms with E-state index in [1.807, 2.05) is 0 Å². The number of hydrogen-bond acceptors (Lipinski definition) is 4. The molecule has 1 aromatic carbocycles. The molecule has 2 atom stereocenters. The van der Waals surface area contributed by atoms with Crippen LogP contribution in [0.3, 0.4) is 0 Å². The largest absolute Gasteiger partial charge is 0.416 e. The normalized spacial score (nSPS) is 15.4. The van der Waals surface area contributed by atoms with Crippen LogP contribution in [0.25, 0.3) is 0 Å². The van der Waals surface area contributed by atoms with Gasteiger partial charge in [-0.15, -0.1) is 0 Å². The highest BCUT2D eigenvalue weighted by molar-refractivity contribution is 5.46. The van der Waals surface area contributed by atoms with Gasteiger partial charge in [-0.25, -0.2) is 0 Å². The molecular formula is C11H15F3N2O2. The molecule has 1 aromatic rings. The van der Waals surface area contributed by atoms with Gasteiger partial charge < -0.3 is 21.7 Å². The number of hydrogen-bond donors (Lipinski definition) is 4. The van der Waals surface area contributed by atoms with Crippen LogP contribution in [-0.2, 0) is 6.18 Å². The first-order valence-corrected chi connectivity index (χ1v) is 5.30. The molecule has 102 valence electrons.